The van der Waals surface area contributed by atoms with Crippen LogP contribution in [0.15, 0.2) is 38.8 Å². The zero-order valence-corrected chi connectivity index (χ0v) is 17.8. The maximum Gasteiger partial charge on any atom is 0.266 e. The van der Waals surface area contributed by atoms with Gasteiger partial charge in [0.05, 0.1) is 27.3 Å². The van der Waals surface area contributed by atoms with Crippen LogP contribution in [0.2, 0.25) is 10.0 Å². The number of carbonyl (C=O) groups is 1. The van der Waals surface area contributed by atoms with Gasteiger partial charge in [0.25, 0.3) is 5.91 Å². The van der Waals surface area contributed by atoms with Gasteiger partial charge in [-0.05, 0) is 61.7 Å². The van der Waals surface area contributed by atoms with E-state index in [9.17, 15) is 15.2 Å². The third-order valence-corrected chi connectivity index (χ3v) is 6.24. The third kappa shape index (κ3) is 4.33. The van der Waals surface area contributed by atoms with Gasteiger partial charge in [-0.3, -0.25) is 4.79 Å². The number of hydrogen-bond donors (Lipinski definition) is 2. The van der Waals surface area contributed by atoms with Crippen LogP contribution in [0.1, 0.15) is 5.56 Å². The Labute approximate surface area is 176 Å². The fourth-order valence-corrected chi connectivity index (χ4v) is 3.16. The Morgan fingerprint density at radius 1 is 1.35 bits per heavy atom. The number of methoxy groups -OCH3 is 1. The Kier molecular flexibility index (Phi) is 6.95. The summed E-state index contributed by atoms with van der Waals surface area (Å²) < 4.78 is 5.86. The minimum Gasteiger partial charge on any atom is -0.503 e. The fraction of sp³-hybridized carbons (Fsp3) is 0.0588. The van der Waals surface area contributed by atoms with E-state index in [-0.39, 0.29) is 32.8 Å². The molecule has 26 heavy (non-hydrogen) atoms. The molecule has 2 rings (SSSR count). The van der Waals surface area contributed by atoms with Crippen LogP contribution in [-0.2, 0) is 4.79 Å². The van der Waals surface area contributed by atoms with Crippen molar-refractivity contribution in [2.45, 2.75) is 0 Å². The van der Waals surface area contributed by atoms with Gasteiger partial charge >= 0.3 is 0 Å². The van der Waals surface area contributed by atoms with Crippen molar-refractivity contribution in [3.8, 4) is 17.6 Å². The number of hydrogen-bond acceptors (Lipinski definition) is 4. The van der Waals surface area contributed by atoms with Crippen LogP contribution < -0.4 is 10.1 Å². The Hall–Kier alpha value is -1.72. The lowest BCUT2D eigenvalue weighted by atomic mass is 10.1. The molecule has 0 unspecified atom stereocenters. The average Bonchev–Trinajstić information content (AvgIpc) is 2.63. The first-order valence-corrected chi connectivity index (χ1v) is 9.26. The van der Waals surface area contributed by atoms with E-state index in [2.05, 4.69) is 37.2 Å². The van der Waals surface area contributed by atoms with Crippen molar-refractivity contribution in [2.24, 2.45) is 0 Å². The number of anilines is 1. The van der Waals surface area contributed by atoms with E-state index in [1.807, 2.05) is 6.07 Å². The van der Waals surface area contributed by atoms with Gasteiger partial charge in [0, 0.05) is 4.47 Å². The number of nitrogens with zero attached hydrogens (tertiary/aromatic N) is 1. The highest BCUT2D eigenvalue weighted by Crippen LogP contribution is 2.42. The number of nitriles is 1. The van der Waals surface area contributed by atoms with Crippen molar-refractivity contribution in [3.63, 3.8) is 0 Å². The van der Waals surface area contributed by atoms with E-state index in [1.54, 1.807) is 18.2 Å². The molecule has 2 aromatic carbocycles. The molecule has 5 nitrogen and oxygen atoms in total. The number of halogens is 4. The number of phenolic OH excluding ortho intramolecular Hbond substituents is 1. The summed E-state index contributed by atoms with van der Waals surface area (Å²) in [5, 5.41) is 22.3. The number of ether oxygens (including phenoxy) is 1. The molecule has 0 heterocycles. The molecule has 0 fully saturated rings. The number of rotatable bonds is 4. The average molecular weight is 521 g/mol. The number of phenols is 1. The van der Waals surface area contributed by atoms with Crippen LogP contribution in [0.5, 0.6) is 11.5 Å². The molecule has 0 saturated carbocycles. The Morgan fingerprint density at radius 2 is 2.04 bits per heavy atom. The lowest BCUT2D eigenvalue weighted by molar-refractivity contribution is -0.112. The van der Waals surface area contributed by atoms with Gasteiger partial charge in [-0.1, -0.05) is 29.3 Å². The molecule has 2 N–H and O–H groups in total. The zero-order valence-electron chi connectivity index (χ0n) is 13.1. The molecule has 0 spiro atoms. The normalized spacial score (nSPS) is 11.0. The summed E-state index contributed by atoms with van der Waals surface area (Å²) in [6, 6.07) is 8.10. The molecular weight excluding hydrogens is 511 g/mol. The molecule has 134 valence electrons. The smallest absolute Gasteiger partial charge is 0.266 e. The monoisotopic (exact) mass is 518 g/mol. The molecule has 9 heteroatoms. The van der Waals surface area contributed by atoms with Crippen molar-refractivity contribution in [1.29, 1.82) is 5.26 Å². The summed E-state index contributed by atoms with van der Waals surface area (Å²) in [5.41, 5.74) is 0.561. The van der Waals surface area contributed by atoms with Crippen molar-refractivity contribution >= 4 is 72.7 Å². The van der Waals surface area contributed by atoms with Crippen molar-refractivity contribution in [2.75, 3.05) is 12.4 Å². The van der Waals surface area contributed by atoms with Crippen LogP contribution in [0.25, 0.3) is 6.08 Å². The van der Waals surface area contributed by atoms with Crippen LogP contribution in [0, 0.1) is 11.3 Å². The quantitative estimate of drug-likeness (QED) is 0.395. The number of amides is 1. The maximum atomic E-state index is 12.4. The molecule has 0 bridgehead atoms. The molecular formula is C17H10Br2Cl2N2O3. The van der Waals surface area contributed by atoms with E-state index in [4.69, 9.17) is 27.9 Å². The molecule has 0 saturated heterocycles. The first kappa shape index (κ1) is 20.6. The first-order valence-electron chi connectivity index (χ1n) is 6.92. The highest BCUT2D eigenvalue weighted by molar-refractivity contribution is 9.13. The van der Waals surface area contributed by atoms with E-state index in [1.165, 1.54) is 19.3 Å². The van der Waals surface area contributed by atoms with E-state index < -0.39 is 5.91 Å². The molecule has 1 amide bonds. The maximum absolute atomic E-state index is 12.4. The van der Waals surface area contributed by atoms with Gasteiger partial charge < -0.3 is 15.2 Å². The summed E-state index contributed by atoms with van der Waals surface area (Å²) >= 11 is 18.5. The van der Waals surface area contributed by atoms with E-state index in [0.717, 1.165) is 0 Å². The van der Waals surface area contributed by atoms with Crippen LogP contribution >= 0.6 is 55.1 Å². The molecule has 2 aromatic rings. The van der Waals surface area contributed by atoms with Crippen LogP contribution in [-0.4, -0.2) is 18.1 Å². The second-order valence-electron chi connectivity index (χ2n) is 4.87. The van der Waals surface area contributed by atoms with Crippen LogP contribution in [0.4, 0.5) is 5.69 Å². The number of nitrogens with one attached hydrogen (secondary N) is 1. The lowest BCUT2D eigenvalue weighted by Crippen LogP contribution is -2.13. The van der Waals surface area contributed by atoms with E-state index >= 15 is 0 Å². The highest BCUT2D eigenvalue weighted by Gasteiger charge is 2.17. The van der Waals surface area contributed by atoms with Gasteiger partial charge in [0.2, 0.25) is 0 Å². The van der Waals surface area contributed by atoms with Crippen LogP contribution in [0.3, 0.4) is 0 Å². The summed E-state index contributed by atoms with van der Waals surface area (Å²) in [5.74, 6) is -0.584. The number of carbonyl (C=O) groups excluding carboxylic acids is 1. The highest BCUT2D eigenvalue weighted by atomic mass is 79.9. The van der Waals surface area contributed by atoms with Crippen molar-refractivity contribution in [1.82, 2.24) is 0 Å². The predicted molar refractivity (Wildman–Crippen MR) is 109 cm³/mol. The largest absolute Gasteiger partial charge is 0.503 e. The second kappa shape index (κ2) is 8.78. The predicted octanol–water partition coefficient (Wildman–Crippen LogP) is 5.78. The standard InChI is InChI=1S/C17H10Br2Cl2N2O3/c1-26-12-6-8(13(18)14(19)16(12)24)5-9(7-22)17(25)23-11-4-2-3-10(20)15(11)21/h2-6,24H,1H3,(H,23,25)/b9-5-. The molecule has 0 aromatic heterocycles. The molecule has 0 aliphatic carbocycles. The van der Waals surface area contributed by atoms with Gasteiger partial charge in [-0.15, -0.1) is 0 Å². The number of benzene rings is 2. The summed E-state index contributed by atoms with van der Waals surface area (Å²) in [7, 11) is 1.39. The van der Waals surface area contributed by atoms with Gasteiger partial charge in [0.15, 0.2) is 11.5 Å². The minimum absolute atomic E-state index is 0.106. The Morgan fingerprint density at radius 3 is 2.65 bits per heavy atom. The summed E-state index contributed by atoms with van der Waals surface area (Å²) in [4.78, 5) is 12.4. The number of aromatic hydroxyl groups is 1. The molecule has 0 atom stereocenters. The molecule has 0 aliphatic rings. The topological polar surface area (TPSA) is 82.3 Å². The second-order valence-corrected chi connectivity index (χ2v) is 7.24. The minimum atomic E-state index is -0.660. The fourth-order valence-electron chi connectivity index (χ4n) is 1.97. The van der Waals surface area contributed by atoms with Crippen molar-refractivity contribution in [3.05, 3.63) is 54.4 Å². The van der Waals surface area contributed by atoms with E-state index in [0.29, 0.717) is 14.5 Å². The summed E-state index contributed by atoms with van der Waals surface area (Å²) in [6.45, 7) is 0. The Balaban J connectivity index is 2.42. The lowest BCUT2D eigenvalue weighted by Gasteiger charge is -2.11. The molecule has 0 radical (unpaired) electrons. The molecule has 0 aliphatic heterocycles. The zero-order chi connectivity index (χ0) is 19.4. The first-order chi connectivity index (χ1) is 12.3. The van der Waals surface area contributed by atoms with Gasteiger partial charge in [-0.2, -0.15) is 5.26 Å². The van der Waals surface area contributed by atoms with Gasteiger partial charge in [0.1, 0.15) is 11.6 Å². The summed E-state index contributed by atoms with van der Waals surface area (Å²) in [6.07, 6.45) is 1.35. The van der Waals surface area contributed by atoms with Gasteiger partial charge in [-0.25, -0.2) is 0 Å². The SMILES string of the molecule is COc1cc(/C=C(/C#N)C(=O)Nc2cccc(Cl)c2Cl)c(Br)c(Br)c1O. The Bertz CT molecular complexity index is 956. The van der Waals surface area contributed by atoms with Crippen molar-refractivity contribution < 1.29 is 14.6 Å². The third-order valence-electron chi connectivity index (χ3n) is 3.26.